The van der Waals surface area contributed by atoms with E-state index in [4.69, 9.17) is 9.47 Å². The molecule has 1 aliphatic rings. The second kappa shape index (κ2) is 7.79. The molecule has 0 bridgehead atoms. The summed E-state index contributed by atoms with van der Waals surface area (Å²) in [5.74, 6) is 0.923. The van der Waals surface area contributed by atoms with Gasteiger partial charge in [-0.1, -0.05) is 18.2 Å². The van der Waals surface area contributed by atoms with Gasteiger partial charge in [0.1, 0.15) is 6.04 Å². The normalized spacial score (nSPS) is 15.8. The van der Waals surface area contributed by atoms with Crippen molar-refractivity contribution in [2.75, 3.05) is 19.5 Å². The van der Waals surface area contributed by atoms with E-state index in [-0.39, 0.29) is 11.5 Å². The summed E-state index contributed by atoms with van der Waals surface area (Å²) in [6.07, 6.45) is 1.17. The number of nitrogens with zero attached hydrogens (tertiary/aromatic N) is 2. The number of aryl methyl sites for hydroxylation is 1. The maximum Gasteiger partial charge on any atom is 0.267 e. The van der Waals surface area contributed by atoms with E-state index in [9.17, 15) is 9.59 Å². The Morgan fingerprint density at radius 3 is 2.59 bits per heavy atom. The number of aromatic nitrogens is 2. The number of benzene rings is 2. The molecule has 29 heavy (non-hydrogen) atoms. The summed E-state index contributed by atoms with van der Waals surface area (Å²) in [6, 6.07) is 15.5. The standard InChI is InChI=1S/C22H21N3O4/c1-28-19-11-8-15(13-20(19)29-2)17-9-12-21(26)25(24-17)18-10-7-14-5-3-4-6-16(14)23-22(18)27/h3-6,8-9,11-13,18H,7,10H2,1-2H3,(H,23,27)/t18-/m0/s1. The van der Waals surface area contributed by atoms with Crippen LogP contribution in [0.25, 0.3) is 11.3 Å². The van der Waals surface area contributed by atoms with E-state index >= 15 is 0 Å². The number of methoxy groups -OCH3 is 2. The third-order valence-electron chi connectivity index (χ3n) is 5.06. The van der Waals surface area contributed by atoms with Crippen LogP contribution in [0.3, 0.4) is 0 Å². The lowest BCUT2D eigenvalue weighted by Crippen LogP contribution is -2.34. The number of para-hydroxylation sites is 1. The van der Waals surface area contributed by atoms with Crippen molar-refractivity contribution in [2.45, 2.75) is 18.9 Å². The minimum atomic E-state index is -0.685. The summed E-state index contributed by atoms with van der Waals surface area (Å²) in [5, 5.41) is 7.41. The van der Waals surface area contributed by atoms with Crippen LogP contribution in [-0.2, 0) is 11.2 Å². The molecule has 0 saturated heterocycles. The highest BCUT2D eigenvalue weighted by Crippen LogP contribution is 2.32. The molecule has 2 aromatic carbocycles. The largest absolute Gasteiger partial charge is 0.493 e. The monoisotopic (exact) mass is 391 g/mol. The van der Waals surface area contributed by atoms with Crippen LogP contribution in [0.5, 0.6) is 11.5 Å². The van der Waals surface area contributed by atoms with Gasteiger partial charge in [0.05, 0.1) is 19.9 Å². The third kappa shape index (κ3) is 3.59. The van der Waals surface area contributed by atoms with Gasteiger partial charge in [-0.05, 0) is 48.7 Å². The van der Waals surface area contributed by atoms with Crippen molar-refractivity contribution in [3.05, 3.63) is 70.5 Å². The predicted octanol–water partition coefficient (Wildman–Crippen LogP) is 3.05. The first-order valence-electron chi connectivity index (χ1n) is 9.31. The van der Waals surface area contributed by atoms with E-state index in [0.717, 1.165) is 16.8 Å². The molecule has 1 N–H and O–H groups in total. The van der Waals surface area contributed by atoms with Crippen LogP contribution in [0.2, 0.25) is 0 Å². The van der Waals surface area contributed by atoms with Crippen LogP contribution >= 0.6 is 0 Å². The fourth-order valence-electron chi connectivity index (χ4n) is 3.53. The van der Waals surface area contributed by atoms with Crippen LogP contribution in [0.1, 0.15) is 18.0 Å². The van der Waals surface area contributed by atoms with Gasteiger partial charge in [0.2, 0.25) is 5.91 Å². The van der Waals surface area contributed by atoms with E-state index in [1.54, 1.807) is 32.4 Å². The molecule has 0 saturated carbocycles. The van der Waals surface area contributed by atoms with E-state index in [1.807, 2.05) is 30.3 Å². The Labute approximate surface area is 167 Å². The maximum atomic E-state index is 12.8. The lowest BCUT2D eigenvalue weighted by Gasteiger charge is -2.16. The first kappa shape index (κ1) is 18.7. The number of carbonyl (C=O) groups excluding carboxylic acids is 1. The molecule has 1 atom stereocenters. The molecule has 0 radical (unpaired) electrons. The Hall–Kier alpha value is -3.61. The number of fused-ring (bicyclic) bond motifs is 1. The molecule has 0 unspecified atom stereocenters. The Morgan fingerprint density at radius 2 is 1.79 bits per heavy atom. The molecule has 2 heterocycles. The molecule has 7 nitrogen and oxygen atoms in total. The highest BCUT2D eigenvalue weighted by molar-refractivity contribution is 5.95. The third-order valence-corrected chi connectivity index (χ3v) is 5.06. The van der Waals surface area contributed by atoms with Crippen molar-refractivity contribution in [3.8, 4) is 22.8 Å². The fourth-order valence-corrected chi connectivity index (χ4v) is 3.53. The average molecular weight is 391 g/mol. The highest BCUT2D eigenvalue weighted by atomic mass is 16.5. The van der Waals surface area contributed by atoms with Crippen molar-refractivity contribution in [1.82, 2.24) is 9.78 Å². The predicted molar refractivity (Wildman–Crippen MR) is 109 cm³/mol. The molecule has 4 rings (SSSR count). The van der Waals surface area contributed by atoms with Gasteiger partial charge in [-0.15, -0.1) is 0 Å². The van der Waals surface area contributed by atoms with Gasteiger partial charge in [0.15, 0.2) is 11.5 Å². The van der Waals surface area contributed by atoms with E-state index in [1.165, 1.54) is 10.7 Å². The van der Waals surface area contributed by atoms with Crippen molar-refractivity contribution in [3.63, 3.8) is 0 Å². The topological polar surface area (TPSA) is 82.5 Å². The van der Waals surface area contributed by atoms with Crippen LogP contribution in [0.4, 0.5) is 5.69 Å². The van der Waals surface area contributed by atoms with Crippen LogP contribution in [0, 0.1) is 0 Å². The molecule has 0 fully saturated rings. The Kier molecular flexibility index (Phi) is 5.03. The number of rotatable bonds is 4. The molecule has 3 aromatic rings. The molecule has 1 aliphatic heterocycles. The SMILES string of the molecule is COc1ccc(-c2ccc(=O)n([C@H]3CCc4ccccc4NC3=O)n2)cc1OC. The van der Waals surface area contributed by atoms with Gasteiger partial charge in [-0.2, -0.15) is 5.10 Å². The zero-order valence-corrected chi connectivity index (χ0v) is 16.2. The number of nitrogens with one attached hydrogen (secondary N) is 1. The highest BCUT2D eigenvalue weighted by Gasteiger charge is 2.27. The summed E-state index contributed by atoms with van der Waals surface area (Å²) >= 11 is 0. The van der Waals surface area contributed by atoms with E-state index in [0.29, 0.717) is 30.0 Å². The summed E-state index contributed by atoms with van der Waals surface area (Å²) in [7, 11) is 3.13. The van der Waals surface area contributed by atoms with Crippen LogP contribution in [0.15, 0.2) is 59.4 Å². The Balaban J connectivity index is 1.71. The van der Waals surface area contributed by atoms with Crippen molar-refractivity contribution in [2.24, 2.45) is 0 Å². The van der Waals surface area contributed by atoms with Gasteiger partial charge >= 0.3 is 0 Å². The van der Waals surface area contributed by atoms with Gasteiger partial charge in [-0.3, -0.25) is 9.59 Å². The molecule has 0 spiro atoms. The van der Waals surface area contributed by atoms with Crippen LogP contribution in [-0.4, -0.2) is 29.9 Å². The lowest BCUT2D eigenvalue weighted by molar-refractivity contribution is -0.119. The zero-order valence-electron chi connectivity index (χ0n) is 16.2. The van der Waals surface area contributed by atoms with Crippen LogP contribution < -0.4 is 20.3 Å². The maximum absolute atomic E-state index is 12.8. The van der Waals surface area contributed by atoms with Crippen molar-refractivity contribution >= 4 is 11.6 Å². The minimum absolute atomic E-state index is 0.242. The summed E-state index contributed by atoms with van der Waals surface area (Å²) < 4.78 is 11.9. The van der Waals surface area contributed by atoms with Gasteiger partial charge in [-0.25, -0.2) is 4.68 Å². The average Bonchev–Trinajstić information content (AvgIpc) is 2.92. The van der Waals surface area contributed by atoms with Gasteiger partial charge < -0.3 is 14.8 Å². The molecule has 0 aliphatic carbocycles. The molecule has 1 aromatic heterocycles. The molecular weight excluding hydrogens is 370 g/mol. The van der Waals surface area contributed by atoms with Crippen molar-refractivity contribution in [1.29, 1.82) is 0 Å². The quantitative estimate of drug-likeness (QED) is 0.739. The number of carbonyl (C=O) groups is 1. The smallest absolute Gasteiger partial charge is 0.267 e. The Bertz CT molecular complexity index is 1120. The Morgan fingerprint density at radius 1 is 1.00 bits per heavy atom. The summed E-state index contributed by atoms with van der Waals surface area (Å²) in [6.45, 7) is 0. The first-order valence-corrected chi connectivity index (χ1v) is 9.31. The number of hydrogen-bond donors (Lipinski definition) is 1. The van der Waals surface area contributed by atoms with E-state index in [2.05, 4.69) is 10.4 Å². The lowest BCUT2D eigenvalue weighted by atomic mass is 10.1. The number of hydrogen-bond acceptors (Lipinski definition) is 5. The minimum Gasteiger partial charge on any atom is -0.493 e. The fraction of sp³-hybridized carbons (Fsp3) is 0.227. The van der Waals surface area contributed by atoms with Gasteiger partial charge in [0.25, 0.3) is 5.56 Å². The first-order chi connectivity index (χ1) is 14.1. The molecule has 1 amide bonds. The molecule has 7 heteroatoms. The molecule has 148 valence electrons. The summed E-state index contributed by atoms with van der Waals surface area (Å²) in [4.78, 5) is 25.3. The second-order valence-electron chi connectivity index (χ2n) is 6.77. The van der Waals surface area contributed by atoms with Gasteiger partial charge in [0, 0.05) is 17.3 Å². The van der Waals surface area contributed by atoms with E-state index < -0.39 is 6.04 Å². The zero-order chi connectivity index (χ0) is 20.4. The number of anilines is 1. The number of ether oxygens (including phenoxy) is 2. The second-order valence-corrected chi connectivity index (χ2v) is 6.77. The summed E-state index contributed by atoms with van der Waals surface area (Å²) in [5.41, 5.74) is 2.84. The number of amides is 1. The molecular formula is C22H21N3O4. The van der Waals surface area contributed by atoms with Crippen molar-refractivity contribution < 1.29 is 14.3 Å².